The van der Waals surface area contributed by atoms with Crippen LogP contribution in [0.1, 0.15) is 11.1 Å². The summed E-state index contributed by atoms with van der Waals surface area (Å²) in [6, 6.07) is 47.5. The molecule has 0 aliphatic rings. The first kappa shape index (κ1) is 31.1. The Balaban J connectivity index is 0.000000237. The maximum absolute atomic E-state index is 6.53. The molecule has 0 spiro atoms. The zero-order valence-electron chi connectivity index (χ0n) is 26.4. The minimum atomic E-state index is 0. The molecule has 48 heavy (non-hydrogen) atoms. The van der Waals surface area contributed by atoms with Gasteiger partial charge in [0.1, 0.15) is 5.58 Å². The van der Waals surface area contributed by atoms with E-state index in [0.29, 0.717) is 0 Å². The van der Waals surface area contributed by atoms with E-state index in [9.17, 15) is 0 Å². The smallest absolute Gasteiger partial charge is 0.128 e. The van der Waals surface area contributed by atoms with Crippen molar-refractivity contribution in [1.82, 2.24) is 15.0 Å². The molecule has 1 radical (unpaired) electrons. The van der Waals surface area contributed by atoms with Crippen LogP contribution in [-0.4, -0.2) is 15.0 Å². The standard InChI is InChI=1S/C32H21N2O.C11H8N.Ir/c1-19-18-34-30(17-28(19)22-14-15-29-23(20(22)2)11-6-16-33-29)27-10-5-9-25-26-13-12-21-7-3-4-8-24(21)31(26)35-32(25)27;1-2-6-10(7-3-1)11-8-4-5-9-12-11;/h3-9,11-18H,1-2H3;1-6,8-9H;/q2*-1;. The van der Waals surface area contributed by atoms with Gasteiger partial charge in [-0.3, -0.25) is 4.98 Å². The van der Waals surface area contributed by atoms with Gasteiger partial charge in [0.2, 0.25) is 0 Å². The monoisotopic (exact) mass is 796 g/mol. The van der Waals surface area contributed by atoms with Gasteiger partial charge in [-0.05, 0) is 71.1 Å². The molecule has 233 valence electrons. The van der Waals surface area contributed by atoms with Gasteiger partial charge in [-0.25, -0.2) is 0 Å². The number of hydrogen-bond acceptors (Lipinski definition) is 4. The van der Waals surface area contributed by atoms with E-state index in [1.807, 2.05) is 67.0 Å². The molecule has 0 N–H and O–H groups in total. The number of rotatable bonds is 3. The fourth-order valence-electron chi connectivity index (χ4n) is 6.28. The van der Waals surface area contributed by atoms with Crippen LogP contribution in [0.15, 0.2) is 144 Å². The predicted octanol–water partition coefficient (Wildman–Crippen LogP) is 11.0. The molecule has 5 heteroatoms. The van der Waals surface area contributed by atoms with Crippen molar-refractivity contribution in [2.24, 2.45) is 0 Å². The molecule has 0 saturated carbocycles. The Hall–Kier alpha value is -5.48. The molecular weight excluding hydrogens is 767 g/mol. The number of aromatic nitrogens is 3. The molecule has 0 fully saturated rings. The first-order valence-electron chi connectivity index (χ1n) is 15.6. The van der Waals surface area contributed by atoms with E-state index in [1.54, 1.807) is 6.20 Å². The van der Waals surface area contributed by atoms with Crippen LogP contribution in [-0.2, 0) is 20.1 Å². The number of hydrogen-bond donors (Lipinski definition) is 0. The number of nitrogens with zero attached hydrogens (tertiary/aromatic N) is 3. The van der Waals surface area contributed by atoms with Gasteiger partial charge < -0.3 is 14.4 Å². The van der Waals surface area contributed by atoms with E-state index in [4.69, 9.17) is 9.40 Å². The van der Waals surface area contributed by atoms with E-state index in [0.717, 1.165) is 66.5 Å². The van der Waals surface area contributed by atoms with Crippen LogP contribution in [0.4, 0.5) is 0 Å². The molecule has 9 rings (SSSR count). The molecule has 0 aliphatic heterocycles. The number of benzene rings is 5. The average molecular weight is 796 g/mol. The maximum Gasteiger partial charge on any atom is 0.128 e. The summed E-state index contributed by atoms with van der Waals surface area (Å²) in [5, 5.41) is 5.64. The molecule has 0 atom stereocenters. The summed E-state index contributed by atoms with van der Waals surface area (Å²) in [6.07, 6.45) is 5.57. The van der Waals surface area contributed by atoms with Gasteiger partial charge in [0.15, 0.2) is 0 Å². The average Bonchev–Trinajstić information content (AvgIpc) is 3.53. The van der Waals surface area contributed by atoms with Crippen molar-refractivity contribution in [2.75, 3.05) is 0 Å². The molecule has 0 aliphatic carbocycles. The molecule has 4 heterocycles. The normalized spacial score (nSPS) is 11.0. The summed E-state index contributed by atoms with van der Waals surface area (Å²) in [4.78, 5) is 13.5. The minimum absolute atomic E-state index is 0. The van der Waals surface area contributed by atoms with E-state index in [1.165, 1.54) is 21.9 Å². The van der Waals surface area contributed by atoms with Crippen molar-refractivity contribution in [1.29, 1.82) is 0 Å². The Morgan fingerprint density at radius 3 is 2.23 bits per heavy atom. The first-order valence-corrected chi connectivity index (χ1v) is 15.6. The van der Waals surface area contributed by atoms with Crippen LogP contribution < -0.4 is 0 Å². The van der Waals surface area contributed by atoms with E-state index >= 15 is 0 Å². The maximum atomic E-state index is 6.53. The number of fused-ring (bicyclic) bond motifs is 6. The van der Waals surface area contributed by atoms with Crippen molar-refractivity contribution in [3.05, 3.63) is 163 Å². The summed E-state index contributed by atoms with van der Waals surface area (Å²) in [6.45, 7) is 4.27. The first-order chi connectivity index (χ1) is 23.2. The fraction of sp³-hybridized carbons (Fsp3) is 0.0465. The Bertz CT molecular complexity index is 2510. The zero-order chi connectivity index (χ0) is 31.7. The summed E-state index contributed by atoms with van der Waals surface area (Å²) >= 11 is 0. The van der Waals surface area contributed by atoms with Gasteiger partial charge in [0.25, 0.3) is 0 Å². The van der Waals surface area contributed by atoms with Gasteiger partial charge in [-0.1, -0.05) is 77.7 Å². The van der Waals surface area contributed by atoms with Gasteiger partial charge >= 0.3 is 0 Å². The summed E-state index contributed by atoms with van der Waals surface area (Å²) < 4.78 is 6.53. The Kier molecular flexibility index (Phi) is 8.64. The number of pyridine rings is 3. The second kappa shape index (κ2) is 13.3. The van der Waals surface area contributed by atoms with Crippen LogP contribution in [0.5, 0.6) is 0 Å². The molecule has 0 saturated heterocycles. The second-order valence-corrected chi connectivity index (χ2v) is 11.5. The molecule has 0 bridgehead atoms. The van der Waals surface area contributed by atoms with E-state index in [2.05, 4.69) is 103 Å². The number of furan rings is 1. The van der Waals surface area contributed by atoms with Crippen LogP contribution in [0.3, 0.4) is 0 Å². The predicted molar refractivity (Wildman–Crippen MR) is 192 cm³/mol. The third kappa shape index (κ3) is 5.68. The number of aryl methyl sites for hydroxylation is 2. The van der Waals surface area contributed by atoms with Gasteiger partial charge in [0, 0.05) is 54.9 Å². The third-order valence-electron chi connectivity index (χ3n) is 8.68. The molecule has 9 aromatic rings. The Morgan fingerprint density at radius 1 is 0.562 bits per heavy atom. The van der Waals surface area contributed by atoms with E-state index < -0.39 is 0 Å². The second-order valence-electron chi connectivity index (χ2n) is 11.5. The van der Waals surface area contributed by atoms with Crippen molar-refractivity contribution < 1.29 is 24.5 Å². The fourth-order valence-corrected chi connectivity index (χ4v) is 6.28. The van der Waals surface area contributed by atoms with E-state index in [-0.39, 0.29) is 20.1 Å². The topological polar surface area (TPSA) is 51.8 Å². The van der Waals surface area contributed by atoms with Crippen molar-refractivity contribution in [3.8, 4) is 33.6 Å². The minimum Gasteiger partial charge on any atom is -0.500 e. The molecule has 4 nitrogen and oxygen atoms in total. The largest absolute Gasteiger partial charge is 0.500 e. The van der Waals surface area contributed by atoms with Crippen LogP contribution in [0.25, 0.3) is 77.3 Å². The van der Waals surface area contributed by atoms with Gasteiger partial charge in [0.05, 0.1) is 11.1 Å². The molecule has 0 unspecified atom stereocenters. The van der Waals surface area contributed by atoms with Crippen LogP contribution in [0.2, 0.25) is 0 Å². The Morgan fingerprint density at radius 2 is 1.38 bits per heavy atom. The molecular formula is C43H29IrN3O-2. The molecule has 5 aromatic carbocycles. The van der Waals surface area contributed by atoms with Gasteiger partial charge in [-0.15, -0.1) is 54.1 Å². The van der Waals surface area contributed by atoms with Gasteiger partial charge in [-0.2, -0.15) is 0 Å². The van der Waals surface area contributed by atoms with Crippen LogP contribution >= 0.6 is 0 Å². The quantitative estimate of drug-likeness (QED) is 0.167. The third-order valence-corrected chi connectivity index (χ3v) is 8.68. The van der Waals surface area contributed by atoms with Crippen molar-refractivity contribution in [2.45, 2.75) is 13.8 Å². The van der Waals surface area contributed by atoms with Crippen LogP contribution in [0, 0.1) is 26.0 Å². The zero-order valence-corrected chi connectivity index (χ0v) is 28.8. The van der Waals surface area contributed by atoms with Crippen molar-refractivity contribution >= 4 is 43.6 Å². The Labute approximate surface area is 292 Å². The summed E-state index contributed by atoms with van der Waals surface area (Å²) in [5.74, 6) is 0. The summed E-state index contributed by atoms with van der Waals surface area (Å²) in [5.41, 5.74) is 11.2. The molecule has 0 amide bonds. The van der Waals surface area contributed by atoms with Crippen molar-refractivity contribution in [3.63, 3.8) is 0 Å². The summed E-state index contributed by atoms with van der Waals surface area (Å²) in [7, 11) is 0. The molecule has 4 aromatic heterocycles. The SMILES string of the molecule is Cc1cnc(-c2[c-]ccc3c2oc2c4ccccc4ccc32)cc1-c1ccc2ncccc2c1C.[Ir].[c-]1ccccc1-c1ccccn1.